The average Bonchev–Trinajstić information content (AvgIpc) is 2.58. The van der Waals surface area contributed by atoms with Gasteiger partial charge in [-0.1, -0.05) is 0 Å². The lowest BCUT2D eigenvalue weighted by Crippen LogP contribution is -2.41. The molecule has 8 heteroatoms. The summed E-state index contributed by atoms with van der Waals surface area (Å²) in [7, 11) is -1.77. The first-order chi connectivity index (χ1) is 12.6. The number of sulfonamides is 1. The second-order valence-electron chi connectivity index (χ2n) is 7.18. The molecule has 1 aromatic heterocycles. The SMILES string of the molecule is COc1ccnc(COc2ccc3c(c2)C(NS(C)(=O)=O)CC(C)(C)O3)c1. The van der Waals surface area contributed by atoms with E-state index in [2.05, 4.69) is 9.71 Å². The minimum Gasteiger partial charge on any atom is -0.497 e. The molecule has 2 aromatic rings. The molecule has 1 aliphatic rings. The van der Waals surface area contributed by atoms with E-state index in [0.717, 1.165) is 17.5 Å². The van der Waals surface area contributed by atoms with Crippen molar-refractivity contribution in [3.05, 3.63) is 47.8 Å². The van der Waals surface area contributed by atoms with Gasteiger partial charge in [0.1, 0.15) is 29.5 Å². The van der Waals surface area contributed by atoms with Crippen LogP contribution in [0.2, 0.25) is 0 Å². The zero-order chi connectivity index (χ0) is 19.7. The van der Waals surface area contributed by atoms with Gasteiger partial charge in [0.2, 0.25) is 10.0 Å². The Balaban J connectivity index is 1.82. The summed E-state index contributed by atoms with van der Waals surface area (Å²) in [6, 6.07) is 8.62. The zero-order valence-electron chi connectivity index (χ0n) is 15.9. The summed E-state index contributed by atoms with van der Waals surface area (Å²) in [5.41, 5.74) is 1.02. The Morgan fingerprint density at radius 3 is 2.74 bits per heavy atom. The summed E-state index contributed by atoms with van der Waals surface area (Å²) >= 11 is 0. The number of pyridine rings is 1. The van der Waals surface area contributed by atoms with Crippen molar-refractivity contribution >= 4 is 10.0 Å². The summed E-state index contributed by atoms with van der Waals surface area (Å²) in [4.78, 5) is 4.25. The number of ether oxygens (including phenoxy) is 3. The first-order valence-electron chi connectivity index (χ1n) is 8.57. The van der Waals surface area contributed by atoms with Gasteiger partial charge in [0.05, 0.1) is 25.1 Å². The molecule has 0 radical (unpaired) electrons. The van der Waals surface area contributed by atoms with Gasteiger partial charge in [-0.3, -0.25) is 4.98 Å². The number of hydrogen-bond acceptors (Lipinski definition) is 6. The van der Waals surface area contributed by atoms with Crippen molar-refractivity contribution in [2.45, 2.75) is 38.5 Å². The summed E-state index contributed by atoms with van der Waals surface area (Å²) in [6.07, 6.45) is 3.34. The first-order valence-corrected chi connectivity index (χ1v) is 10.5. The van der Waals surface area contributed by atoms with Crippen molar-refractivity contribution in [1.29, 1.82) is 0 Å². The number of rotatable bonds is 6. The standard InChI is InChI=1S/C19H24N2O5S/c1-19(2)11-17(21-27(4,22)23)16-10-15(5-6-18(16)26-19)25-12-13-9-14(24-3)7-8-20-13/h5-10,17,21H,11-12H2,1-4H3. The van der Waals surface area contributed by atoms with Gasteiger partial charge in [-0.2, -0.15) is 0 Å². The maximum atomic E-state index is 11.8. The fraction of sp³-hybridized carbons (Fsp3) is 0.421. The second-order valence-corrected chi connectivity index (χ2v) is 8.96. The molecule has 3 rings (SSSR count). The Bertz CT molecular complexity index is 927. The van der Waals surface area contributed by atoms with Crippen molar-refractivity contribution in [3.63, 3.8) is 0 Å². The zero-order valence-corrected chi connectivity index (χ0v) is 16.7. The van der Waals surface area contributed by atoms with Crippen LogP contribution in [0.15, 0.2) is 36.5 Å². The largest absolute Gasteiger partial charge is 0.497 e. The molecule has 0 aliphatic carbocycles. The van der Waals surface area contributed by atoms with Gasteiger partial charge in [0.15, 0.2) is 0 Å². The van der Waals surface area contributed by atoms with Crippen LogP contribution in [-0.4, -0.2) is 32.4 Å². The van der Waals surface area contributed by atoms with Crippen LogP contribution in [0.3, 0.4) is 0 Å². The number of nitrogens with one attached hydrogen (secondary N) is 1. The number of benzene rings is 1. The highest BCUT2D eigenvalue weighted by Crippen LogP contribution is 2.41. The lowest BCUT2D eigenvalue weighted by atomic mass is 9.90. The Morgan fingerprint density at radius 2 is 2.04 bits per heavy atom. The molecule has 0 spiro atoms. The van der Waals surface area contributed by atoms with Gasteiger partial charge in [-0.05, 0) is 38.1 Å². The highest BCUT2D eigenvalue weighted by Gasteiger charge is 2.35. The molecule has 1 aliphatic heterocycles. The van der Waals surface area contributed by atoms with E-state index in [-0.39, 0.29) is 12.6 Å². The Kier molecular flexibility index (Phi) is 5.30. The Hall–Kier alpha value is -2.32. The summed E-state index contributed by atoms with van der Waals surface area (Å²) in [6.45, 7) is 4.14. The summed E-state index contributed by atoms with van der Waals surface area (Å²) in [5, 5.41) is 0. The topological polar surface area (TPSA) is 86.8 Å². The van der Waals surface area contributed by atoms with Crippen molar-refractivity contribution < 1.29 is 22.6 Å². The van der Waals surface area contributed by atoms with E-state index in [1.807, 2.05) is 26.0 Å². The van der Waals surface area contributed by atoms with Crippen LogP contribution in [0.25, 0.3) is 0 Å². The molecule has 27 heavy (non-hydrogen) atoms. The quantitative estimate of drug-likeness (QED) is 0.813. The van der Waals surface area contributed by atoms with E-state index in [1.54, 1.807) is 31.5 Å². The maximum absolute atomic E-state index is 11.8. The van der Waals surface area contributed by atoms with E-state index in [4.69, 9.17) is 14.2 Å². The van der Waals surface area contributed by atoms with Gasteiger partial charge in [0.25, 0.3) is 0 Å². The summed E-state index contributed by atoms with van der Waals surface area (Å²) in [5.74, 6) is 1.98. The lowest BCUT2D eigenvalue weighted by molar-refractivity contribution is 0.0699. The third kappa shape index (κ3) is 5.11. The van der Waals surface area contributed by atoms with Gasteiger partial charge in [-0.15, -0.1) is 0 Å². The molecule has 2 heterocycles. The first kappa shape index (κ1) is 19.4. The maximum Gasteiger partial charge on any atom is 0.209 e. The number of hydrogen-bond donors (Lipinski definition) is 1. The van der Waals surface area contributed by atoms with Crippen LogP contribution >= 0.6 is 0 Å². The van der Waals surface area contributed by atoms with E-state index < -0.39 is 15.6 Å². The molecular formula is C19H24N2O5S. The molecule has 1 unspecified atom stereocenters. The Labute approximate surface area is 159 Å². The van der Waals surface area contributed by atoms with Crippen LogP contribution in [0.5, 0.6) is 17.2 Å². The highest BCUT2D eigenvalue weighted by molar-refractivity contribution is 7.88. The number of methoxy groups -OCH3 is 1. The number of nitrogens with zero attached hydrogens (tertiary/aromatic N) is 1. The molecule has 146 valence electrons. The monoisotopic (exact) mass is 392 g/mol. The normalized spacial score (nSPS) is 18.3. The highest BCUT2D eigenvalue weighted by atomic mass is 32.2. The molecule has 1 atom stereocenters. The molecule has 0 amide bonds. The molecule has 7 nitrogen and oxygen atoms in total. The molecule has 0 saturated heterocycles. The van der Waals surface area contributed by atoms with Gasteiger partial charge in [-0.25, -0.2) is 13.1 Å². The van der Waals surface area contributed by atoms with E-state index in [0.29, 0.717) is 23.7 Å². The van der Waals surface area contributed by atoms with Crippen LogP contribution in [0, 0.1) is 0 Å². The Morgan fingerprint density at radius 1 is 1.26 bits per heavy atom. The molecule has 0 fully saturated rings. The predicted molar refractivity (Wildman–Crippen MR) is 102 cm³/mol. The van der Waals surface area contributed by atoms with Crippen LogP contribution < -0.4 is 18.9 Å². The average molecular weight is 392 g/mol. The van der Waals surface area contributed by atoms with Gasteiger partial charge >= 0.3 is 0 Å². The molecule has 0 saturated carbocycles. The smallest absolute Gasteiger partial charge is 0.209 e. The van der Waals surface area contributed by atoms with Crippen LogP contribution in [-0.2, 0) is 16.6 Å². The molecule has 1 aromatic carbocycles. The fourth-order valence-electron chi connectivity index (χ4n) is 3.11. The third-order valence-electron chi connectivity index (χ3n) is 4.21. The summed E-state index contributed by atoms with van der Waals surface area (Å²) < 4.78 is 43.3. The molecule has 0 bridgehead atoms. The second kappa shape index (κ2) is 7.36. The lowest BCUT2D eigenvalue weighted by Gasteiger charge is -2.37. The van der Waals surface area contributed by atoms with Gasteiger partial charge in [0, 0.05) is 24.2 Å². The van der Waals surface area contributed by atoms with Crippen LogP contribution in [0.1, 0.15) is 37.6 Å². The van der Waals surface area contributed by atoms with E-state index in [1.165, 1.54) is 0 Å². The number of aromatic nitrogens is 1. The molecule has 1 N–H and O–H groups in total. The van der Waals surface area contributed by atoms with Crippen LogP contribution in [0.4, 0.5) is 0 Å². The third-order valence-corrected chi connectivity index (χ3v) is 4.92. The fourth-order valence-corrected chi connectivity index (χ4v) is 3.83. The minimum atomic E-state index is -3.36. The van der Waals surface area contributed by atoms with E-state index in [9.17, 15) is 8.42 Å². The minimum absolute atomic E-state index is 0.270. The van der Waals surface area contributed by atoms with Crippen molar-refractivity contribution in [2.24, 2.45) is 0 Å². The van der Waals surface area contributed by atoms with E-state index >= 15 is 0 Å². The van der Waals surface area contributed by atoms with Crippen molar-refractivity contribution in [3.8, 4) is 17.2 Å². The van der Waals surface area contributed by atoms with Crippen molar-refractivity contribution in [2.75, 3.05) is 13.4 Å². The number of fused-ring (bicyclic) bond motifs is 1. The van der Waals surface area contributed by atoms with Gasteiger partial charge < -0.3 is 14.2 Å². The molecular weight excluding hydrogens is 368 g/mol. The van der Waals surface area contributed by atoms with Crippen molar-refractivity contribution in [1.82, 2.24) is 9.71 Å². The predicted octanol–water partition coefficient (Wildman–Crippen LogP) is 2.82.